The van der Waals surface area contributed by atoms with Gasteiger partial charge in [-0.05, 0) is 52.0 Å². The van der Waals surface area contributed by atoms with Gasteiger partial charge in [0.15, 0.2) is 0 Å². The lowest BCUT2D eigenvalue weighted by molar-refractivity contribution is 0.163. The highest BCUT2D eigenvalue weighted by Crippen LogP contribution is 2.29. The van der Waals surface area contributed by atoms with Crippen LogP contribution in [-0.2, 0) is 0 Å². The van der Waals surface area contributed by atoms with E-state index in [1.165, 1.54) is 38.8 Å². The Hall–Kier alpha value is -0.0800. The smallest absolute Gasteiger partial charge is 0.00961 e. The van der Waals surface area contributed by atoms with Crippen molar-refractivity contribution in [3.8, 4) is 0 Å². The second kappa shape index (κ2) is 4.84. The van der Waals surface area contributed by atoms with E-state index in [2.05, 4.69) is 31.0 Å². The summed E-state index contributed by atoms with van der Waals surface area (Å²) < 4.78 is 0. The summed E-state index contributed by atoms with van der Waals surface area (Å²) in [5, 5.41) is 3.56. The van der Waals surface area contributed by atoms with Gasteiger partial charge < -0.3 is 5.32 Å². The monoisotopic (exact) mass is 210 g/mol. The van der Waals surface area contributed by atoms with Crippen LogP contribution in [0.2, 0.25) is 0 Å². The Bertz CT molecular complexity index is 205. The highest BCUT2D eigenvalue weighted by Gasteiger charge is 2.33. The van der Waals surface area contributed by atoms with Crippen LogP contribution < -0.4 is 5.32 Å². The van der Waals surface area contributed by atoms with E-state index in [-0.39, 0.29) is 0 Å². The Labute approximate surface area is 94.4 Å². The molecule has 0 aromatic rings. The molecule has 88 valence electrons. The average Bonchev–Trinajstić information content (AvgIpc) is 2.77. The molecule has 4 atom stereocenters. The molecule has 2 fully saturated rings. The van der Waals surface area contributed by atoms with Crippen LogP contribution in [0, 0.1) is 5.92 Å². The van der Waals surface area contributed by atoms with Gasteiger partial charge >= 0.3 is 0 Å². The summed E-state index contributed by atoms with van der Waals surface area (Å²) in [5.41, 5.74) is 0. The quantitative estimate of drug-likeness (QED) is 0.768. The molecular weight excluding hydrogens is 184 g/mol. The summed E-state index contributed by atoms with van der Waals surface area (Å²) >= 11 is 0. The third-order valence-electron chi connectivity index (χ3n) is 4.56. The number of rotatable bonds is 3. The zero-order chi connectivity index (χ0) is 10.8. The van der Waals surface area contributed by atoms with Crippen molar-refractivity contribution in [3.63, 3.8) is 0 Å². The molecule has 0 aliphatic carbocycles. The molecule has 2 heteroatoms. The fraction of sp³-hybridized carbons (Fsp3) is 1.00. The standard InChI is InChI=1S/C13H26N2/c1-4-13-6-5-10(2)15(13)9-12-7-8-14-11(12)3/h10-14H,4-9H2,1-3H3. The number of nitrogens with zero attached hydrogens (tertiary/aromatic N) is 1. The molecule has 2 heterocycles. The third-order valence-corrected chi connectivity index (χ3v) is 4.56. The van der Waals surface area contributed by atoms with Gasteiger partial charge in [-0.25, -0.2) is 0 Å². The molecule has 1 N–H and O–H groups in total. The van der Waals surface area contributed by atoms with Crippen LogP contribution in [0.15, 0.2) is 0 Å². The third kappa shape index (κ3) is 2.36. The predicted octanol–water partition coefficient (Wildman–Crippen LogP) is 2.25. The van der Waals surface area contributed by atoms with Crippen LogP contribution in [0.5, 0.6) is 0 Å². The molecule has 0 amide bonds. The number of hydrogen-bond acceptors (Lipinski definition) is 2. The van der Waals surface area contributed by atoms with Gasteiger partial charge in [0.2, 0.25) is 0 Å². The van der Waals surface area contributed by atoms with E-state index in [1.807, 2.05) is 0 Å². The van der Waals surface area contributed by atoms with E-state index in [0.29, 0.717) is 0 Å². The fourth-order valence-electron chi connectivity index (χ4n) is 3.33. The fourth-order valence-corrected chi connectivity index (χ4v) is 3.33. The molecule has 0 aromatic carbocycles. The molecule has 15 heavy (non-hydrogen) atoms. The summed E-state index contributed by atoms with van der Waals surface area (Å²) in [6, 6.07) is 2.42. The molecule has 0 saturated carbocycles. The van der Waals surface area contributed by atoms with E-state index < -0.39 is 0 Å². The molecule has 2 saturated heterocycles. The van der Waals surface area contributed by atoms with Crippen LogP contribution in [0.3, 0.4) is 0 Å². The van der Waals surface area contributed by atoms with Crippen LogP contribution in [0.4, 0.5) is 0 Å². The summed E-state index contributed by atoms with van der Waals surface area (Å²) in [4.78, 5) is 2.77. The van der Waals surface area contributed by atoms with Gasteiger partial charge in [-0.15, -0.1) is 0 Å². The van der Waals surface area contributed by atoms with Crippen molar-refractivity contribution in [1.29, 1.82) is 0 Å². The molecule has 2 aliphatic rings. The first-order valence-electron chi connectivity index (χ1n) is 6.71. The highest BCUT2D eigenvalue weighted by molar-refractivity contribution is 4.89. The SMILES string of the molecule is CCC1CCC(C)N1CC1CCNC1C. The van der Waals surface area contributed by atoms with Crippen molar-refractivity contribution in [2.24, 2.45) is 5.92 Å². The molecule has 0 radical (unpaired) electrons. The maximum atomic E-state index is 3.56. The zero-order valence-electron chi connectivity index (χ0n) is 10.5. The minimum Gasteiger partial charge on any atom is -0.314 e. The topological polar surface area (TPSA) is 15.3 Å². The van der Waals surface area contributed by atoms with Gasteiger partial charge in [0.25, 0.3) is 0 Å². The summed E-state index contributed by atoms with van der Waals surface area (Å²) in [6.45, 7) is 9.65. The van der Waals surface area contributed by atoms with Crippen molar-refractivity contribution in [1.82, 2.24) is 10.2 Å². The maximum Gasteiger partial charge on any atom is 0.00961 e. The van der Waals surface area contributed by atoms with Crippen LogP contribution in [0.1, 0.15) is 46.5 Å². The number of likely N-dealkylation sites (tertiary alicyclic amines) is 1. The number of nitrogens with one attached hydrogen (secondary N) is 1. The lowest BCUT2D eigenvalue weighted by atomic mass is 10.0. The first kappa shape index (κ1) is 11.4. The van der Waals surface area contributed by atoms with Crippen molar-refractivity contribution >= 4 is 0 Å². The van der Waals surface area contributed by atoms with Gasteiger partial charge in [-0.2, -0.15) is 0 Å². The lowest BCUT2D eigenvalue weighted by Crippen LogP contribution is -2.40. The first-order chi connectivity index (χ1) is 7.22. The van der Waals surface area contributed by atoms with Crippen molar-refractivity contribution < 1.29 is 0 Å². The van der Waals surface area contributed by atoms with E-state index in [1.54, 1.807) is 0 Å². The Balaban J connectivity index is 1.91. The summed E-state index contributed by atoms with van der Waals surface area (Å²) in [6.07, 6.45) is 5.54. The second-order valence-electron chi connectivity index (χ2n) is 5.48. The lowest BCUT2D eigenvalue weighted by Gasteiger charge is -2.31. The van der Waals surface area contributed by atoms with Gasteiger partial charge in [0.1, 0.15) is 0 Å². The highest BCUT2D eigenvalue weighted by atomic mass is 15.2. The first-order valence-corrected chi connectivity index (χ1v) is 6.71. The second-order valence-corrected chi connectivity index (χ2v) is 5.48. The molecule has 4 unspecified atom stereocenters. The predicted molar refractivity (Wildman–Crippen MR) is 65.1 cm³/mol. The van der Waals surface area contributed by atoms with Crippen molar-refractivity contribution in [2.45, 2.75) is 64.6 Å². The minimum atomic E-state index is 0.732. The van der Waals surface area contributed by atoms with Crippen LogP contribution in [0.25, 0.3) is 0 Å². The molecule has 2 aliphatic heterocycles. The Kier molecular flexibility index (Phi) is 3.68. The van der Waals surface area contributed by atoms with Gasteiger partial charge in [0.05, 0.1) is 0 Å². The summed E-state index contributed by atoms with van der Waals surface area (Å²) in [7, 11) is 0. The molecule has 0 bridgehead atoms. The zero-order valence-corrected chi connectivity index (χ0v) is 10.5. The van der Waals surface area contributed by atoms with E-state index in [0.717, 1.165) is 24.0 Å². The summed E-state index contributed by atoms with van der Waals surface area (Å²) in [5.74, 6) is 0.889. The van der Waals surface area contributed by atoms with Gasteiger partial charge in [-0.1, -0.05) is 6.92 Å². The van der Waals surface area contributed by atoms with Gasteiger partial charge in [-0.3, -0.25) is 4.90 Å². The van der Waals surface area contributed by atoms with Crippen LogP contribution in [-0.4, -0.2) is 36.1 Å². The Morgan fingerprint density at radius 2 is 2.00 bits per heavy atom. The van der Waals surface area contributed by atoms with Crippen molar-refractivity contribution in [3.05, 3.63) is 0 Å². The maximum absolute atomic E-state index is 3.56. The Morgan fingerprint density at radius 3 is 2.60 bits per heavy atom. The van der Waals surface area contributed by atoms with E-state index in [9.17, 15) is 0 Å². The average molecular weight is 210 g/mol. The molecule has 2 nitrogen and oxygen atoms in total. The normalized spacial score (nSPS) is 42.6. The Morgan fingerprint density at radius 1 is 1.20 bits per heavy atom. The van der Waals surface area contributed by atoms with Crippen molar-refractivity contribution in [2.75, 3.05) is 13.1 Å². The molecular formula is C13H26N2. The number of hydrogen-bond donors (Lipinski definition) is 1. The van der Waals surface area contributed by atoms with Gasteiger partial charge in [0, 0.05) is 24.7 Å². The van der Waals surface area contributed by atoms with E-state index in [4.69, 9.17) is 0 Å². The largest absolute Gasteiger partial charge is 0.314 e. The molecule has 0 aromatic heterocycles. The molecule has 0 spiro atoms. The van der Waals surface area contributed by atoms with E-state index >= 15 is 0 Å². The van der Waals surface area contributed by atoms with Crippen LogP contribution >= 0.6 is 0 Å². The molecule has 2 rings (SSSR count). The minimum absolute atomic E-state index is 0.732.